The van der Waals surface area contributed by atoms with Gasteiger partial charge < -0.3 is 20.5 Å². The molecule has 3 aromatic rings. The summed E-state index contributed by atoms with van der Waals surface area (Å²) in [7, 11) is 1.98. The van der Waals surface area contributed by atoms with Crippen LogP contribution in [0.15, 0.2) is 48.8 Å². The first-order chi connectivity index (χ1) is 17.8. The summed E-state index contributed by atoms with van der Waals surface area (Å²) in [6.45, 7) is 7.15. The number of likely N-dealkylation sites (tertiary alicyclic amines) is 1. The second-order valence-electron chi connectivity index (χ2n) is 10.1. The van der Waals surface area contributed by atoms with Gasteiger partial charge in [-0.25, -0.2) is 9.97 Å². The third kappa shape index (κ3) is 4.75. The fourth-order valence-corrected chi connectivity index (χ4v) is 5.53. The minimum atomic E-state index is -0.206. The molecular formula is C29H34N6O2. The Labute approximate surface area is 217 Å². The summed E-state index contributed by atoms with van der Waals surface area (Å²) < 4.78 is 2.05. The lowest BCUT2D eigenvalue weighted by Gasteiger charge is -2.31. The van der Waals surface area contributed by atoms with E-state index in [1.165, 1.54) is 18.3 Å². The summed E-state index contributed by atoms with van der Waals surface area (Å²) in [5.41, 5.74) is 12.5. The maximum Gasteiger partial charge on any atom is 0.250 e. The fraction of sp³-hybridized carbons (Fsp3) is 0.379. The van der Waals surface area contributed by atoms with Gasteiger partial charge in [0.1, 0.15) is 17.8 Å². The van der Waals surface area contributed by atoms with Gasteiger partial charge in [-0.15, -0.1) is 0 Å². The van der Waals surface area contributed by atoms with E-state index >= 15 is 0 Å². The first kappa shape index (κ1) is 24.7. The highest BCUT2D eigenvalue weighted by molar-refractivity contribution is 6.05. The molecule has 2 amide bonds. The summed E-state index contributed by atoms with van der Waals surface area (Å²) >= 11 is 0. The van der Waals surface area contributed by atoms with Crippen molar-refractivity contribution in [1.29, 1.82) is 0 Å². The average Bonchev–Trinajstić information content (AvgIpc) is 3.22. The molecule has 1 fully saturated rings. The van der Waals surface area contributed by atoms with E-state index in [9.17, 15) is 9.59 Å². The van der Waals surface area contributed by atoms with Crippen LogP contribution in [-0.2, 0) is 16.6 Å². The van der Waals surface area contributed by atoms with Crippen LogP contribution in [0.2, 0.25) is 0 Å². The number of hydrogen-bond donors (Lipinski definition) is 2. The summed E-state index contributed by atoms with van der Waals surface area (Å²) in [5.74, 6) is 0.565. The molecule has 0 unspecified atom stereocenters. The highest BCUT2D eigenvalue weighted by Crippen LogP contribution is 2.43. The van der Waals surface area contributed by atoms with Gasteiger partial charge in [0.05, 0.1) is 11.1 Å². The summed E-state index contributed by atoms with van der Waals surface area (Å²) in [6, 6.07) is 7.74. The summed E-state index contributed by atoms with van der Waals surface area (Å²) in [5, 5.41) is 3.70. The highest BCUT2D eigenvalue weighted by atomic mass is 16.2. The van der Waals surface area contributed by atoms with Gasteiger partial charge in [0.25, 0.3) is 5.91 Å². The number of nitrogens with one attached hydrogen (secondary N) is 1. The normalized spacial score (nSPS) is 17.9. The standard InChI is InChI=1S/C29H34N6O2/c1-18(2)28(36)33-22-13-11-20(12-14-22)25-23(24-26(30)31-17-32-27(24)34(25)3)19-7-9-21(10-8-19)29(37)35-15-5-4-6-16-35/h7,11-14,17,21H,1,4-6,8-10,15-16H2,2-3H3,(H,33,36)(H2,30,31,32)/t21-/m0/s1. The van der Waals surface area contributed by atoms with Gasteiger partial charge in [-0.3, -0.25) is 9.59 Å². The molecule has 3 N–H and O–H groups in total. The number of anilines is 2. The molecule has 5 rings (SSSR count). The van der Waals surface area contributed by atoms with E-state index in [0.717, 1.165) is 73.0 Å². The van der Waals surface area contributed by atoms with Crippen molar-refractivity contribution in [2.45, 2.75) is 45.4 Å². The van der Waals surface area contributed by atoms with Crippen LogP contribution in [-0.4, -0.2) is 44.3 Å². The predicted molar refractivity (Wildman–Crippen MR) is 148 cm³/mol. The van der Waals surface area contributed by atoms with Crippen LogP contribution in [0.1, 0.15) is 51.0 Å². The van der Waals surface area contributed by atoms with Crippen molar-refractivity contribution in [2.24, 2.45) is 13.0 Å². The molecule has 0 radical (unpaired) electrons. The van der Waals surface area contributed by atoms with Crippen LogP contribution < -0.4 is 11.1 Å². The lowest BCUT2D eigenvalue weighted by molar-refractivity contribution is -0.136. The van der Waals surface area contributed by atoms with Crippen LogP contribution in [0, 0.1) is 5.92 Å². The topological polar surface area (TPSA) is 106 Å². The van der Waals surface area contributed by atoms with Gasteiger partial charge in [0.15, 0.2) is 0 Å². The Balaban J connectivity index is 1.51. The summed E-state index contributed by atoms with van der Waals surface area (Å²) in [4.78, 5) is 36.0. The Morgan fingerprint density at radius 1 is 1.11 bits per heavy atom. The third-order valence-electron chi connectivity index (χ3n) is 7.55. The molecule has 2 aromatic heterocycles. The molecule has 37 heavy (non-hydrogen) atoms. The first-order valence-corrected chi connectivity index (χ1v) is 13.0. The molecule has 0 saturated carbocycles. The number of fused-ring (bicyclic) bond motifs is 1. The minimum absolute atomic E-state index is 0.0325. The van der Waals surface area contributed by atoms with Crippen molar-refractivity contribution >= 4 is 39.9 Å². The maximum absolute atomic E-state index is 13.1. The zero-order chi connectivity index (χ0) is 26.1. The molecule has 192 valence electrons. The molecule has 2 aliphatic rings. The molecule has 1 saturated heterocycles. The number of carbonyl (C=O) groups excluding carboxylic acids is 2. The van der Waals surface area contributed by atoms with Crippen molar-refractivity contribution in [3.05, 3.63) is 54.4 Å². The van der Waals surface area contributed by atoms with E-state index < -0.39 is 0 Å². The number of benzene rings is 1. The Bertz CT molecular complexity index is 1400. The van der Waals surface area contributed by atoms with Gasteiger partial charge in [-0.1, -0.05) is 24.8 Å². The number of aromatic nitrogens is 3. The average molecular weight is 499 g/mol. The van der Waals surface area contributed by atoms with Crippen LogP contribution in [0.25, 0.3) is 27.9 Å². The molecule has 8 nitrogen and oxygen atoms in total. The number of nitrogens with two attached hydrogens (primary N) is 1. The number of nitrogen functional groups attached to an aromatic ring is 1. The third-order valence-corrected chi connectivity index (χ3v) is 7.55. The van der Waals surface area contributed by atoms with Gasteiger partial charge in [-0.05, 0) is 68.7 Å². The molecule has 0 bridgehead atoms. The van der Waals surface area contributed by atoms with Crippen molar-refractivity contribution in [3.63, 3.8) is 0 Å². The number of allylic oxidation sites excluding steroid dienone is 2. The molecule has 3 heterocycles. The van der Waals surface area contributed by atoms with Gasteiger partial charge in [0, 0.05) is 42.9 Å². The van der Waals surface area contributed by atoms with Crippen molar-refractivity contribution < 1.29 is 9.59 Å². The van der Waals surface area contributed by atoms with E-state index in [1.54, 1.807) is 6.92 Å². The van der Waals surface area contributed by atoms with E-state index in [2.05, 4.69) is 37.4 Å². The number of rotatable bonds is 5. The van der Waals surface area contributed by atoms with Crippen molar-refractivity contribution in [2.75, 3.05) is 24.1 Å². The molecular weight excluding hydrogens is 464 g/mol. The van der Waals surface area contributed by atoms with Crippen LogP contribution >= 0.6 is 0 Å². The highest BCUT2D eigenvalue weighted by Gasteiger charge is 2.30. The molecule has 8 heteroatoms. The second kappa shape index (κ2) is 10.2. The maximum atomic E-state index is 13.1. The summed E-state index contributed by atoms with van der Waals surface area (Å²) in [6.07, 6.45) is 9.45. The largest absolute Gasteiger partial charge is 0.383 e. The van der Waals surface area contributed by atoms with Gasteiger partial charge in [-0.2, -0.15) is 0 Å². The van der Waals surface area contributed by atoms with Crippen LogP contribution in [0.3, 0.4) is 0 Å². The van der Waals surface area contributed by atoms with Gasteiger partial charge >= 0.3 is 0 Å². The monoisotopic (exact) mass is 498 g/mol. The fourth-order valence-electron chi connectivity index (χ4n) is 5.53. The van der Waals surface area contributed by atoms with Gasteiger partial charge in [0.2, 0.25) is 5.91 Å². The van der Waals surface area contributed by atoms with Crippen molar-refractivity contribution in [1.82, 2.24) is 19.4 Å². The van der Waals surface area contributed by atoms with E-state index in [0.29, 0.717) is 23.0 Å². The van der Waals surface area contributed by atoms with E-state index in [1.807, 2.05) is 31.3 Å². The zero-order valence-corrected chi connectivity index (χ0v) is 21.6. The lowest BCUT2D eigenvalue weighted by atomic mass is 9.84. The molecule has 1 aromatic carbocycles. The Morgan fingerprint density at radius 3 is 2.49 bits per heavy atom. The number of amides is 2. The first-order valence-electron chi connectivity index (χ1n) is 13.0. The second-order valence-corrected chi connectivity index (χ2v) is 10.1. The molecule has 0 spiro atoms. The number of nitrogens with zero attached hydrogens (tertiary/aromatic N) is 4. The van der Waals surface area contributed by atoms with Crippen molar-refractivity contribution in [3.8, 4) is 11.3 Å². The SMILES string of the molecule is C=C(C)C(=O)Nc1ccc(-c2c(C3=CC[C@H](C(=O)N4CCCCC4)CC3)c3c(N)ncnc3n2C)cc1. The molecule has 1 aliphatic carbocycles. The number of aryl methyl sites for hydroxylation is 1. The predicted octanol–water partition coefficient (Wildman–Crippen LogP) is 4.93. The smallest absolute Gasteiger partial charge is 0.250 e. The minimum Gasteiger partial charge on any atom is -0.383 e. The molecule has 1 atom stereocenters. The zero-order valence-electron chi connectivity index (χ0n) is 21.6. The van der Waals surface area contributed by atoms with Crippen LogP contribution in [0.5, 0.6) is 0 Å². The lowest BCUT2D eigenvalue weighted by Crippen LogP contribution is -2.40. The quantitative estimate of drug-likeness (QED) is 0.485. The van der Waals surface area contributed by atoms with E-state index in [4.69, 9.17) is 5.73 Å². The molecule has 1 aliphatic heterocycles. The Morgan fingerprint density at radius 2 is 1.84 bits per heavy atom. The number of carbonyl (C=O) groups is 2. The Kier molecular flexibility index (Phi) is 6.82. The van der Waals surface area contributed by atoms with E-state index in [-0.39, 0.29) is 11.8 Å². The Hall–Kier alpha value is -3.94. The van der Waals surface area contributed by atoms with Crippen LogP contribution in [0.4, 0.5) is 11.5 Å². The number of hydrogen-bond acceptors (Lipinski definition) is 5. The number of piperidine rings is 1.